The second-order valence-electron chi connectivity index (χ2n) is 5.17. The number of furan rings is 1. The van der Waals surface area contributed by atoms with Crippen LogP contribution in [-0.2, 0) is 4.79 Å². The molecule has 1 amide bonds. The van der Waals surface area contributed by atoms with Crippen molar-refractivity contribution in [2.75, 3.05) is 4.90 Å². The molecule has 1 aromatic heterocycles. The van der Waals surface area contributed by atoms with Crippen molar-refractivity contribution in [2.24, 2.45) is 0 Å². The average molecular weight is 372 g/mol. The molecule has 8 heteroatoms. The van der Waals surface area contributed by atoms with Gasteiger partial charge in [0.15, 0.2) is 4.32 Å². The predicted octanol–water partition coefficient (Wildman–Crippen LogP) is 4.46. The number of aryl methyl sites for hydroxylation is 1. The highest BCUT2D eigenvalue weighted by atomic mass is 32.2. The molecule has 0 aliphatic carbocycles. The molecule has 0 atom stereocenters. The third-order valence-corrected chi connectivity index (χ3v) is 4.71. The first-order chi connectivity index (χ1) is 12.0. The van der Waals surface area contributed by atoms with Gasteiger partial charge in [-0.3, -0.25) is 19.8 Å². The van der Waals surface area contributed by atoms with E-state index >= 15 is 0 Å². The quantitative estimate of drug-likeness (QED) is 0.341. The molecule has 0 radical (unpaired) electrons. The number of anilines is 1. The number of hydrogen-bond acceptors (Lipinski definition) is 6. The molecule has 0 unspecified atom stereocenters. The molecule has 3 rings (SSSR count). The first-order valence-corrected chi connectivity index (χ1v) is 8.44. The molecular weight excluding hydrogens is 360 g/mol. The molecule has 0 N–H and O–H groups in total. The molecule has 2 heterocycles. The maximum atomic E-state index is 12.5. The van der Waals surface area contributed by atoms with Gasteiger partial charge in [-0.05, 0) is 37.3 Å². The van der Waals surface area contributed by atoms with Crippen LogP contribution in [0.5, 0.6) is 0 Å². The number of rotatable bonds is 4. The molecule has 1 fully saturated rings. The topological polar surface area (TPSA) is 76.6 Å². The standard InChI is InChI=1S/C17H12N2O4S2/c1-11-5-7-12(8-6-11)18-16(20)14(25-17(18)24)4-2-3-13-9-10-15(23-13)19(21)22/h2-10H,1H3/b3-2+,14-4+. The second kappa shape index (κ2) is 7.04. The highest BCUT2D eigenvalue weighted by molar-refractivity contribution is 8.27. The number of nitro groups is 1. The van der Waals surface area contributed by atoms with Gasteiger partial charge in [0.1, 0.15) is 10.7 Å². The lowest BCUT2D eigenvalue weighted by Gasteiger charge is -2.14. The Bertz CT molecular complexity index is 913. The first-order valence-electron chi connectivity index (χ1n) is 7.21. The molecule has 1 aromatic carbocycles. The lowest BCUT2D eigenvalue weighted by molar-refractivity contribution is -0.402. The fraction of sp³-hybridized carbons (Fsp3) is 0.0588. The summed E-state index contributed by atoms with van der Waals surface area (Å²) in [5.74, 6) is -0.198. The zero-order valence-electron chi connectivity index (χ0n) is 13.0. The lowest BCUT2D eigenvalue weighted by Crippen LogP contribution is -2.27. The molecule has 0 saturated carbocycles. The van der Waals surface area contributed by atoms with E-state index in [0.29, 0.717) is 15.0 Å². The molecule has 0 spiro atoms. The number of thiocarbonyl (C=S) groups is 1. The Hall–Kier alpha value is -2.71. The van der Waals surface area contributed by atoms with E-state index in [2.05, 4.69) is 0 Å². The van der Waals surface area contributed by atoms with Gasteiger partial charge in [0.2, 0.25) is 0 Å². The van der Waals surface area contributed by atoms with Gasteiger partial charge < -0.3 is 4.42 Å². The Labute approximate surface area is 153 Å². The zero-order chi connectivity index (χ0) is 18.0. The predicted molar refractivity (Wildman–Crippen MR) is 101 cm³/mol. The Balaban J connectivity index is 1.76. The Morgan fingerprint density at radius 1 is 1.24 bits per heavy atom. The molecule has 25 heavy (non-hydrogen) atoms. The van der Waals surface area contributed by atoms with Crippen molar-refractivity contribution >= 4 is 51.9 Å². The van der Waals surface area contributed by atoms with Crippen molar-refractivity contribution in [1.82, 2.24) is 0 Å². The van der Waals surface area contributed by atoms with Gasteiger partial charge in [0.25, 0.3) is 5.91 Å². The SMILES string of the molecule is Cc1ccc(N2C(=O)/C(=C\C=C\c3ccc([N+](=O)[O-])o3)SC2=S)cc1. The molecular formula is C17H12N2O4S2. The summed E-state index contributed by atoms with van der Waals surface area (Å²) in [6, 6.07) is 10.3. The van der Waals surface area contributed by atoms with Crippen LogP contribution in [0.15, 0.2) is 57.9 Å². The van der Waals surface area contributed by atoms with Crippen LogP contribution < -0.4 is 4.90 Å². The third kappa shape index (κ3) is 3.70. The van der Waals surface area contributed by atoms with Crippen LogP contribution in [0.4, 0.5) is 11.6 Å². The number of benzene rings is 1. The Morgan fingerprint density at radius 2 is 1.96 bits per heavy atom. The molecule has 6 nitrogen and oxygen atoms in total. The van der Waals surface area contributed by atoms with Crippen LogP contribution in [0.25, 0.3) is 6.08 Å². The minimum atomic E-state index is -0.607. The van der Waals surface area contributed by atoms with Gasteiger partial charge in [0.05, 0.1) is 16.7 Å². The van der Waals surface area contributed by atoms with Crippen LogP contribution in [0.1, 0.15) is 11.3 Å². The largest absolute Gasteiger partial charge is 0.433 e. The van der Waals surface area contributed by atoms with E-state index in [4.69, 9.17) is 16.6 Å². The van der Waals surface area contributed by atoms with E-state index in [0.717, 1.165) is 11.3 Å². The van der Waals surface area contributed by atoms with E-state index in [1.165, 1.54) is 28.8 Å². The molecule has 1 aliphatic rings. The average Bonchev–Trinajstić information content (AvgIpc) is 3.14. The fourth-order valence-corrected chi connectivity index (χ4v) is 3.41. The van der Waals surface area contributed by atoms with Gasteiger partial charge in [-0.15, -0.1) is 0 Å². The van der Waals surface area contributed by atoms with Crippen molar-refractivity contribution in [2.45, 2.75) is 6.92 Å². The summed E-state index contributed by atoms with van der Waals surface area (Å²) < 4.78 is 5.48. The zero-order valence-corrected chi connectivity index (χ0v) is 14.7. The second-order valence-corrected chi connectivity index (χ2v) is 6.84. The lowest BCUT2D eigenvalue weighted by atomic mass is 10.2. The maximum absolute atomic E-state index is 12.5. The summed E-state index contributed by atoms with van der Waals surface area (Å²) >= 11 is 6.50. The fourth-order valence-electron chi connectivity index (χ4n) is 2.16. The van der Waals surface area contributed by atoms with Crippen molar-refractivity contribution in [1.29, 1.82) is 0 Å². The summed E-state index contributed by atoms with van der Waals surface area (Å²) in [4.78, 5) is 24.5. The van der Waals surface area contributed by atoms with Gasteiger partial charge in [-0.1, -0.05) is 47.8 Å². The Kier molecular flexibility index (Phi) is 4.82. The number of allylic oxidation sites excluding steroid dienone is 2. The van der Waals surface area contributed by atoms with Crippen LogP contribution in [-0.4, -0.2) is 15.2 Å². The number of carbonyl (C=O) groups is 1. The third-order valence-electron chi connectivity index (χ3n) is 3.39. The van der Waals surface area contributed by atoms with E-state index in [1.54, 1.807) is 18.2 Å². The number of thioether (sulfide) groups is 1. The smallest absolute Gasteiger partial charge is 0.401 e. The van der Waals surface area contributed by atoms with Gasteiger partial charge in [-0.2, -0.15) is 0 Å². The number of hydrogen-bond donors (Lipinski definition) is 0. The van der Waals surface area contributed by atoms with Crippen LogP contribution in [0, 0.1) is 17.0 Å². The molecule has 0 bridgehead atoms. The van der Waals surface area contributed by atoms with E-state index in [1.807, 2.05) is 31.2 Å². The normalized spacial score (nSPS) is 16.4. The van der Waals surface area contributed by atoms with Crippen molar-refractivity contribution in [3.63, 3.8) is 0 Å². The highest BCUT2D eigenvalue weighted by Crippen LogP contribution is 2.35. The first kappa shape index (κ1) is 17.1. The summed E-state index contributed by atoms with van der Waals surface area (Å²) in [5.41, 5.74) is 1.82. The molecule has 126 valence electrons. The van der Waals surface area contributed by atoms with Crippen molar-refractivity contribution in [3.8, 4) is 0 Å². The monoisotopic (exact) mass is 372 g/mol. The van der Waals surface area contributed by atoms with Crippen LogP contribution in [0.3, 0.4) is 0 Å². The summed E-state index contributed by atoms with van der Waals surface area (Å²) in [6.07, 6.45) is 4.76. The Morgan fingerprint density at radius 3 is 2.60 bits per heavy atom. The molecule has 1 saturated heterocycles. The number of nitrogens with zero attached hydrogens (tertiary/aromatic N) is 2. The summed E-state index contributed by atoms with van der Waals surface area (Å²) in [5, 5.41) is 10.6. The van der Waals surface area contributed by atoms with Crippen LogP contribution >= 0.6 is 24.0 Å². The van der Waals surface area contributed by atoms with Gasteiger partial charge in [-0.25, -0.2) is 0 Å². The number of amides is 1. The highest BCUT2D eigenvalue weighted by Gasteiger charge is 2.32. The maximum Gasteiger partial charge on any atom is 0.433 e. The molecule has 2 aromatic rings. The number of carbonyl (C=O) groups excluding carboxylic acids is 1. The van der Waals surface area contributed by atoms with Crippen molar-refractivity contribution in [3.05, 3.63) is 74.9 Å². The van der Waals surface area contributed by atoms with E-state index in [9.17, 15) is 14.9 Å². The van der Waals surface area contributed by atoms with Crippen molar-refractivity contribution < 1.29 is 14.1 Å². The molecule has 1 aliphatic heterocycles. The minimum absolute atomic E-state index is 0.200. The summed E-state index contributed by atoms with van der Waals surface area (Å²) in [7, 11) is 0. The van der Waals surface area contributed by atoms with Gasteiger partial charge >= 0.3 is 5.88 Å². The summed E-state index contributed by atoms with van der Waals surface area (Å²) in [6.45, 7) is 1.97. The van der Waals surface area contributed by atoms with E-state index < -0.39 is 4.92 Å². The van der Waals surface area contributed by atoms with Crippen LogP contribution in [0.2, 0.25) is 0 Å². The van der Waals surface area contributed by atoms with E-state index in [-0.39, 0.29) is 11.8 Å². The van der Waals surface area contributed by atoms with Gasteiger partial charge in [0, 0.05) is 0 Å². The minimum Gasteiger partial charge on any atom is -0.401 e.